The van der Waals surface area contributed by atoms with Gasteiger partial charge in [0.25, 0.3) is 5.91 Å². The quantitative estimate of drug-likeness (QED) is 0.688. The summed E-state index contributed by atoms with van der Waals surface area (Å²) in [4.78, 5) is 11.9. The molecule has 21 heavy (non-hydrogen) atoms. The lowest BCUT2D eigenvalue weighted by Crippen LogP contribution is -2.30. The van der Waals surface area contributed by atoms with Crippen LogP contribution in [0.5, 0.6) is 11.5 Å². The summed E-state index contributed by atoms with van der Waals surface area (Å²) < 4.78 is 10.9. The second kappa shape index (κ2) is 6.51. The van der Waals surface area contributed by atoms with Gasteiger partial charge in [-0.15, -0.1) is 0 Å². The van der Waals surface area contributed by atoms with Crippen molar-refractivity contribution in [3.8, 4) is 17.6 Å². The fraction of sp³-hybridized carbons (Fsp3) is 0.333. The molecule has 0 saturated carbocycles. The van der Waals surface area contributed by atoms with E-state index in [9.17, 15) is 4.79 Å². The number of halogens is 1. The van der Waals surface area contributed by atoms with Gasteiger partial charge in [-0.1, -0.05) is 11.6 Å². The van der Waals surface area contributed by atoms with Gasteiger partial charge in [-0.2, -0.15) is 5.26 Å². The molecule has 0 saturated heterocycles. The molecule has 1 aliphatic heterocycles. The van der Waals surface area contributed by atoms with E-state index in [1.807, 2.05) is 19.9 Å². The Balaban J connectivity index is 2.33. The number of benzene rings is 1. The van der Waals surface area contributed by atoms with Crippen LogP contribution in [0.25, 0.3) is 6.08 Å². The summed E-state index contributed by atoms with van der Waals surface area (Å²) in [5.74, 6) is 0.588. The number of rotatable bonds is 3. The maximum Gasteiger partial charge on any atom is 0.262 e. The van der Waals surface area contributed by atoms with E-state index < -0.39 is 5.91 Å². The molecule has 0 fully saturated rings. The Hall–Kier alpha value is -2.19. The van der Waals surface area contributed by atoms with Crippen LogP contribution in [0, 0.1) is 11.3 Å². The third-order valence-electron chi connectivity index (χ3n) is 2.72. The fourth-order valence-electron chi connectivity index (χ4n) is 1.87. The van der Waals surface area contributed by atoms with Gasteiger partial charge in [0.2, 0.25) is 0 Å². The zero-order valence-electron chi connectivity index (χ0n) is 11.8. The van der Waals surface area contributed by atoms with Gasteiger partial charge < -0.3 is 14.8 Å². The number of nitrogens with one attached hydrogen (secondary N) is 1. The molecule has 1 aromatic rings. The minimum atomic E-state index is -0.418. The Kier molecular flexibility index (Phi) is 4.71. The Morgan fingerprint density at radius 2 is 2.14 bits per heavy atom. The number of carbonyl (C=O) groups is 1. The maximum atomic E-state index is 11.9. The largest absolute Gasteiger partial charge is 0.486 e. The van der Waals surface area contributed by atoms with E-state index in [1.54, 1.807) is 12.1 Å². The van der Waals surface area contributed by atoms with Gasteiger partial charge in [-0.25, -0.2) is 0 Å². The van der Waals surface area contributed by atoms with Gasteiger partial charge in [0.15, 0.2) is 11.5 Å². The van der Waals surface area contributed by atoms with E-state index in [2.05, 4.69) is 5.32 Å². The van der Waals surface area contributed by atoms with Gasteiger partial charge >= 0.3 is 0 Å². The smallest absolute Gasteiger partial charge is 0.262 e. The van der Waals surface area contributed by atoms with Crippen molar-refractivity contribution in [1.29, 1.82) is 5.26 Å². The molecule has 1 aromatic carbocycles. The predicted molar refractivity (Wildman–Crippen MR) is 79.3 cm³/mol. The third kappa shape index (κ3) is 3.67. The maximum absolute atomic E-state index is 11.9. The molecular weight excluding hydrogens is 292 g/mol. The van der Waals surface area contributed by atoms with E-state index in [0.717, 1.165) is 0 Å². The Morgan fingerprint density at radius 1 is 1.43 bits per heavy atom. The molecule has 2 rings (SSSR count). The SMILES string of the molecule is CC(C)NC(=O)/C(C#N)=C/c1cc(Cl)c2c(c1)OCCO2. The summed E-state index contributed by atoms with van der Waals surface area (Å²) in [7, 11) is 0. The van der Waals surface area contributed by atoms with Crippen LogP contribution >= 0.6 is 11.6 Å². The van der Waals surface area contributed by atoms with Crippen LogP contribution in [-0.2, 0) is 4.79 Å². The summed E-state index contributed by atoms with van der Waals surface area (Å²) in [6.07, 6.45) is 1.47. The van der Waals surface area contributed by atoms with Gasteiger partial charge in [0, 0.05) is 6.04 Å². The number of nitrogens with zero attached hydrogens (tertiary/aromatic N) is 1. The van der Waals surface area contributed by atoms with Gasteiger partial charge in [0.05, 0.1) is 5.02 Å². The first kappa shape index (κ1) is 15.2. The van der Waals surface area contributed by atoms with E-state index in [0.29, 0.717) is 35.3 Å². The van der Waals surface area contributed by atoms with Crippen LogP contribution < -0.4 is 14.8 Å². The molecule has 1 aliphatic rings. The molecule has 0 spiro atoms. The molecule has 1 N–H and O–H groups in total. The van der Waals surface area contributed by atoms with Crippen molar-refractivity contribution in [2.24, 2.45) is 0 Å². The van der Waals surface area contributed by atoms with Gasteiger partial charge in [-0.3, -0.25) is 4.79 Å². The number of amides is 1. The first-order valence-corrected chi connectivity index (χ1v) is 6.91. The molecule has 0 atom stereocenters. The van der Waals surface area contributed by atoms with Crippen molar-refractivity contribution < 1.29 is 14.3 Å². The van der Waals surface area contributed by atoms with E-state index in [4.69, 9.17) is 26.3 Å². The molecule has 1 amide bonds. The third-order valence-corrected chi connectivity index (χ3v) is 3.00. The normalized spacial score (nSPS) is 13.8. The zero-order valence-corrected chi connectivity index (χ0v) is 12.5. The second-order valence-electron chi connectivity index (χ2n) is 4.82. The van der Waals surface area contributed by atoms with E-state index in [-0.39, 0.29) is 11.6 Å². The van der Waals surface area contributed by atoms with Crippen LogP contribution in [0.3, 0.4) is 0 Å². The van der Waals surface area contributed by atoms with Crippen molar-refractivity contribution in [2.45, 2.75) is 19.9 Å². The van der Waals surface area contributed by atoms with Crippen LogP contribution in [0.4, 0.5) is 0 Å². The van der Waals surface area contributed by atoms with Gasteiger partial charge in [0.1, 0.15) is 24.9 Å². The van der Waals surface area contributed by atoms with E-state index >= 15 is 0 Å². The lowest BCUT2D eigenvalue weighted by molar-refractivity contribution is -0.117. The first-order valence-electron chi connectivity index (χ1n) is 6.53. The van der Waals surface area contributed by atoms with Crippen LogP contribution in [-0.4, -0.2) is 25.2 Å². The zero-order chi connectivity index (χ0) is 15.4. The average Bonchev–Trinajstić information content (AvgIpc) is 2.44. The predicted octanol–water partition coefficient (Wildman–Crippen LogP) is 2.54. The summed E-state index contributed by atoms with van der Waals surface area (Å²) in [6, 6.07) is 5.17. The molecule has 5 nitrogen and oxygen atoms in total. The summed E-state index contributed by atoms with van der Waals surface area (Å²) >= 11 is 6.12. The number of ether oxygens (including phenoxy) is 2. The first-order chi connectivity index (χ1) is 10.0. The molecule has 1 heterocycles. The minimum Gasteiger partial charge on any atom is -0.486 e. The summed E-state index contributed by atoms with van der Waals surface area (Å²) in [5.41, 5.74) is 0.621. The molecule has 0 aliphatic carbocycles. The van der Waals surface area contributed by atoms with E-state index in [1.165, 1.54) is 6.08 Å². The van der Waals surface area contributed by atoms with Crippen molar-refractivity contribution >= 4 is 23.6 Å². The standard InChI is InChI=1S/C15H15ClN2O3/c1-9(2)18-15(19)11(8-17)5-10-6-12(16)14-13(7-10)20-3-4-21-14/h5-7,9H,3-4H2,1-2H3,(H,18,19)/b11-5+. The Bertz CT molecular complexity index is 633. The highest BCUT2D eigenvalue weighted by molar-refractivity contribution is 6.32. The number of hydrogen-bond acceptors (Lipinski definition) is 4. The Labute approximate surface area is 128 Å². The molecule has 110 valence electrons. The summed E-state index contributed by atoms with van der Waals surface area (Å²) in [5, 5.41) is 12.2. The molecular formula is C15H15ClN2O3. The fourth-order valence-corrected chi connectivity index (χ4v) is 2.14. The monoisotopic (exact) mass is 306 g/mol. The number of fused-ring (bicyclic) bond motifs is 1. The highest BCUT2D eigenvalue weighted by Crippen LogP contribution is 2.38. The van der Waals surface area contributed by atoms with Crippen LogP contribution in [0.1, 0.15) is 19.4 Å². The van der Waals surface area contributed by atoms with Crippen molar-refractivity contribution in [3.05, 3.63) is 28.3 Å². The molecule has 0 bridgehead atoms. The van der Waals surface area contributed by atoms with Crippen molar-refractivity contribution in [3.63, 3.8) is 0 Å². The molecule has 0 aromatic heterocycles. The average molecular weight is 307 g/mol. The topological polar surface area (TPSA) is 71.4 Å². The molecule has 0 unspecified atom stereocenters. The minimum absolute atomic E-state index is 0.0106. The van der Waals surface area contributed by atoms with Crippen LogP contribution in [0.2, 0.25) is 5.02 Å². The molecule has 6 heteroatoms. The van der Waals surface area contributed by atoms with Crippen molar-refractivity contribution in [2.75, 3.05) is 13.2 Å². The summed E-state index contributed by atoms with van der Waals surface area (Å²) in [6.45, 7) is 4.54. The number of carbonyl (C=O) groups excluding carboxylic acids is 1. The van der Waals surface area contributed by atoms with Crippen LogP contribution in [0.15, 0.2) is 17.7 Å². The number of nitriles is 1. The number of hydrogen-bond donors (Lipinski definition) is 1. The lowest BCUT2D eigenvalue weighted by atomic mass is 10.1. The second-order valence-corrected chi connectivity index (χ2v) is 5.23. The van der Waals surface area contributed by atoms with Crippen molar-refractivity contribution in [1.82, 2.24) is 5.32 Å². The van der Waals surface area contributed by atoms with Gasteiger partial charge in [-0.05, 0) is 37.6 Å². The lowest BCUT2D eigenvalue weighted by Gasteiger charge is -2.19. The molecule has 0 radical (unpaired) electrons. The highest BCUT2D eigenvalue weighted by Gasteiger charge is 2.17. The highest BCUT2D eigenvalue weighted by atomic mass is 35.5. The Morgan fingerprint density at radius 3 is 2.81 bits per heavy atom.